The fourth-order valence-electron chi connectivity index (χ4n) is 2.75. The van der Waals surface area contributed by atoms with Gasteiger partial charge < -0.3 is 4.90 Å². The molecule has 1 aromatic heterocycles. The predicted octanol–water partition coefficient (Wildman–Crippen LogP) is 3.57. The summed E-state index contributed by atoms with van der Waals surface area (Å²) in [4.78, 5) is 23.5. The SMILES string of the molecule is O=C(c1cnc2ccccc2n1)N(Cc1ccc(F)cc1)C1CC1. The van der Waals surface area contributed by atoms with Gasteiger partial charge in [0.1, 0.15) is 11.5 Å². The van der Waals surface area contributed by atoms with E-state index in [9.17, 15) is 9.18 Å². The van der Waals surface area contributed by atoms with Crippen LogP contribution in [0.25, 0.3) is 11.0 Å². The van der Waals surface area contributed by atoms with E-state index in [4.69, 9.17) is 0 Å². The van der Waals surface area contributed by atoms with Gasteiger partial charge in [-0.25, -0.2) is 9.37 Å². The van der Waals surface area contributed by atoms with Crippen LogP contribution in [0.2, 0.25) is 0 Å². The van der Waals surface area contributed by atoms with Crippen LogP contribution in [0.5, 0.6) is 0 Å². The Labute approximate surface area is 139 Å². The number of nitrogens with zero attached hydrogens (tertiary/aromatic N) is 3. The molecular weight excluding hydrogens is 305 g/mol. The highest BCUT2D eigenvalue weighted by Gasteiger charge is 2.33. The monoisotopic (exact) mass is 321 g/mol. The van der Waals surface area contributed by atoms with E-state index in [2.05, 4.69) is 9.97 Å². The van der Waals surface area contributed by atoms with Crippen LogP contribution in [0.15, 0.2) is 54.7 Å². The van der Waals surface area contributed by atoms with E-state index in [1.807, 2.05) is 29.2 Å². The molecule has 5 heteroatoms. The maximum absolute atomic E-state index is 13.1. The van der Waals surface area contributed by atoms with Crippen LogP contribution in [0.3, 0.4) is 0 Å². The van der Waals surface area contributed by atoms with Crippen molar-refractivity contribution in [3.63, 3.8) is 0 Å². The molecular formula is C19H16FN3O. The lowest BCUT2D eigenvalue weighted by Crippen LogP contribution is -2.33. The van der Waals surface area contributed by atoms with E-state index < -0.39 is 0 Å². The first-order chi connectivity index (χ1) is 11.7. The van der Waals surface area contributed by atoms with Gasteiger partial charge in [-0.15, -0.1) is 0 Å². The molecule has 0 atom stereocenters. The number of para-hydroxylation sites is 2. The second-order valence-corrected chi connectivity index (χ2v) is 6.03. The molecule has 24 heavy (non-hydrogen) atoms. The van der Waals surface area contributed by atoms with Crippen molar-refractivity contribution in [1.29, 1.82) is 0 Å². The van der Waals surface area contributed by atoms with E-state index in [1.165, 1.54) is 18.3 Å². The highest BCUT2D eigenvalue weighted by atomic mass is 19.1. The molecule has 4 rings (SSSR count). The molecule has 0 N–H and O–H groups in total. The summed E-state index contributed by atoms with van der Waals surface area (Å²) in [6, 6.07) is 14.0. The molecule has 1 fully saturated rings. The lowest BCUT2D eigenvalue weighted by molar-refractivity contribution is 0.0724. The van der Waals surface area contributed by atoms with Crippen LogP contribution in [0.1, 0.15) is 28.9 Å². The summed E-state index contributed by atoms with van der Waals surface area (Å²) >= 11 is 0. The van der Waals surface area contributed by atoms with Crippen LogP contribution in [-0.4, -0.2) is 26.8 Å². The number of carbonyl (C=O) groups excluding carboxylic acids is 1. The standard InChI is InChI=1S/C19H16FN3O/c20-14-7-5-13(6-8-14)12-23(15-9-10-15)19(24)18-11-21-16-3-1-2-4-17(16)22-18/h1-8,11,15H,9-10,12H2. The maximum atomic E-state index is 13.1. The Morgan fingerprint density at radius 2 is 1.79 bits per heavy atom. The summed E-state index contributed by atoms with van der Waals surface area (Å²) in [6.45, 7) is 0.457. The number of hydrogen-bond acceptors (Lipinski definition) is 3. The van der Waals surface area contributed by atoms with Gasteiger partial charge in [-0.3, -0.25) is 9.78 Å². The number of aromatic nitrogens is 2. The largest absolute Gasteiger partial charge is 0.330 e. The minimum Gasteiger partial charge on any atom is -0.330 e. The molecule has 4 nitrogen and oxygen atoms in total. The van der Waals surface area contributed by atoms with Crippen molar-refractivity contribution >= 4 is 16.9 Å². The van der Waals surface area contributed by atoms with Crippen LogP contribution in [0.4, 0.5) is 4.39 Å². The Balaban J connectivity index is 1.62. The zero-order valence-electron chi connectivity index (χ0n) is 13.0. The van der Waals surface area contributed by atoms with E-state index in [-0.39, 0.29) is 17.8 Å². The number of hydrogen-bond donors (Lipinski definition) is 0. The average molecular weight is 321 g/mol. The van der Waals surface area contributed by atoms with Gasteiger partial charge in [0, 0.05) is 12.6 Å². The smallest absolute Gasteiger partial charge is 0.274 e. The summed E-state index contributed by atoms with van der Waals surface area (Å²) in [5.74, 6) is -0.400. The lowest BCUT2D eigenvalue weighted by atomic mass is 10.2. The molecule has 2 aromatic carbocycles. The Kier molecular flexibility index (Phi) is 3.69. The molecule has 1 heterocycles. The van der Waals surface area contributed by atoms with Crippen molar-refractivity contribution in [3.05, 3.63) is 71.8 Å². The van der Waals surface area contributed by atoms with Gasteiger partial charge >= 0.3 is 0 Å². The molecule has 3 aromatic rings. The van der Waals surface area contributed by atoms with Crippen molar-refractivity contribution in [2.45, 2.75) is 25.4 Å². The minimum atomic E-state index is -0.275. The summed E-state index contributed by atoms with van der Waals surface area (Å²) in [5, 5.41) is 0. The van der Waals surface area contributed by atoms with Crippen LogP contribution in [0, 0.1) is 5.82 Å². The first kappa shape index (κ1) is 14.8. The van der Waals surface area contributed by atoms with Crippen molar-refractivity contribution in [2.75, 3.05) is 0 Å². The van der Waals surface area contributed by atoms with Crippen molar-refractivity contribution in [3.8, 4) is 0 Å². The molecule has 0 unspecified atom stereocenters. The molecule has 0 radical (unpaired) electrons. The lowest BCUT2D eigenvalue weighted by Gasteiger charge is -2.22. The Morgan fingerprint density at radius 1 is 1.08 bits per heavy atom. The molecule has 1 amide bonds. The van der Waals surface area contributed by atoms with E-state index >= 15 is 0 Å². The summed E-state index contributed by atoms with van der Waals surface area (Å²) in [6.07, 6.45) is 3.52. The first-order valence-electron chi connectivity index (χ1n) is 7.98. The first-order valence-corrected chi connectivity index (χ1v) is 7.98. The van der Waals surface area contributed by atoms with Crippen molar-refractivity contribution in [2.24, 2.45) is 0 Å². The third-order valence-corrected chi connectivity index (χ3v) is 4.18. The second kappa shape index (κ2) is 6.00. The zero-order chi connectivity index (χ0) is 16.5. The van der Waals surface area contributed by atoms with E-state index in [0.717, 1.165) is 23.9 Å². The number of halogens is 1. The fourth-order valence-corrected chi connectivity index (χ4v) is 2.75. The van der Waals surface area contributed by atoms with E-state index in [1.54, 1.807) is 12.1 Å². The van der Waals surface area contributed by atoms with Gasteiger partial charge in [0.05, 0.1) is 17.2 Å². The van der Waals surface area contributed by atoms with E-state index in [0.29, 0.717) is 17.8 Å². The van der Waals surface area contributed by atoms with Gasteiger partial charge in [0.25, 0.3) is 5.91 Å². The zero-order valence-corrected chi connectivity index (χ0v) is 13.0. The maximum Gasteiger partial charge on any atom is 0.274 e. The molecule has 1 aliphatic rings. The van der Waals surface area contributed by atoms with Gasteiger partial charge in [0.2, 0.25) is 0 Å². The Hall–Kier alpha value is -2.82. The predicted molar refractivity (Wildman–Crippen MR) is 88.8 cm³/mol. The van der Waals surface area contributed by atoms with Gasteiger partial charge in [-0.05, 0) is 42.7 Å². The van der Waals surface area contributed by atoms with Gasteiger partial charge in [0.15, 0.2) is 0 Å². The van der Waals surface area contributed by atoms with Crippen molar-refractivity contribution in [1.82, 2.24) is 14.9 Å². The highest BCUT2D eigenvalue weighted by Crippen LogP contribution is 2.29. The highest BCUT2D eigenvalue weighted by molar-refractivity contribution is 5.94. The third-order valence-electron chi connectivity index (χ3n) is 4.18. The Morgan fingerprint density at radius 3 is 2.50 bits per heavy atom. The molecule has 120 valence electrons. The molecule has 1 saturated carbocycles. The average Bonchev–Trinajstić information content (AvgIpc) is 3.45. The second-order valence-electron chi connectivity index (χ2n) is 6.03. The van der Waals surface area contributed by atoms with Gasteiger partial charge in [-0.1, -0.05) is 24.3 Å². The molecule has 1 aliphatic carbocycles. The summed E-state index contributed by atoms with van der Waals surface area (Å²) in [5.41, 5.74) is 2.74. The molecule has 0 bridgehead atoms. The summed E-state index contributed by atoms with van der Waals surface area (Å²) in [7, 11) is 0. The number of carbonyl (C=O) groups is 1. The number of amides is 1. The molecule has 0 spiro atoms. The minimum absolute atomic E-state index is 0.125. The van der Waals surface area contributed by atoms with Crippen LogP contribution >= 0.6 is 0 Å². The number of rotatable bonds is 4. The Bertz CT molecular complexity index is 891. The number of fused-ring (bicyclic) bond motifs is 1. The number of benzene rings is 2. The van der Waals surface area contributed by atoms with Crippen molar-refractivity contribution < 1.29 is 9.18 Å². The molecule has 0 aliphatic heterocycles. The summed E-state index contributed by atoms with van der Waals surface area (Å²) < 4.78 is 13.1. The van der Waals surface area contributed by atoms with Gasteiger partial charge in [-0.2, -0.15) is 0 Å². The fraction of sp³-hybridized carbons (Fsp3) is 0.211. The normalized spacial score (nSPS) is 13.9. The van der Waals surface area contributed by atoms with Crippen LogP contribution < -0.4 is 0 Å². The van der Waals surface area contributed by atoms with Crippen LogP contribution in [-0.2, 0) is 6.54 Å². The molecule has 0 saturated heterocycles. The quantitative estimate of drug-likeness (QED) is 0.738. The third kappa shape index (κ3) is 2.97. The topological polar surface area (TPSA) is 46.1 Å².